The topological polar surface area (TPSA) is 26.3 Å². The van der Waals surface area contributed by atoms with Crippen LogP contribution in [0.3, 0.4) is 0 Å². The van der Waals surface area contributed by atoms with E-state index in [1.165, 1.54) is 12.5 Å². The molecule has 0 N–H and O–H groups in total. The Balaban J connectivity index is 1.95. The lowest BCUT2D eigenvalue weighted by Crippen LogP contribution is -2.41. The Morgan fingerprint density at radius 1 is 1.41 bits per heavy atom. The monoisotopic (exact) mass is 234 g/mol. The van der Waals surface area contributed by atoms with E-state index in [1.54, 1.807) is 0 Å². The Kier molecular flexibility index (Phi) is 3.48. The van der Waals surface area contributed by atoms with Gasteiger partial charge in [0.25, 0.3) is 0 Å². The number of likely N-dealkylation sites (N-methyl/N-ethyl adjacent to an activating group) is 1. The fourth-order valence-corrected chi connectivity index (χ4v) is 2.63. The molecule has 1 aliphatic heterocycles. The van der Waals surface area contributed by atoms with Crippen molar-refractivity contribution >= 4 is 5.97 Å². The van der Waals surface area contributed by atoms with Crippen LogP contribution in [-0.4, -0.2) is 36.7 Å². The quantitative estimate of drug-likeness (QED) is 0.590. The second kappa shape index (κ2) is 4.88. The average molecular weight is 234 g/mol. The van der Waals surface area contributed by atoms with Crippen molar-refractivity contribution in [1.29, 1.82) is 0 Å². The Bertz CT molecular complexity index is 390. The molecule has 2 rings (SSSR count). The SMILES string of the molecule is CC(=O)OC1CC[N+](C)(Cc2ccccc2)C1. The van der Waals surface area contributed by atoms with Crippen molar-refractivity contribution in [2.75, 3.05) is 20.1 Å². The molecule has 3 nitrogen and oxygen atoms in total. The highest BCUT2D eigenvalue weighted by atomic mass is 16.5. The molecule has 1 aromatic carbocycles. The minimum Gasteiger partial charge on any atom is -0.456 e. The lowest BCUT2D eigenvalue weighted by Gasteiger charge is -2.29. The molecule has 0 bridgehead atoms. The fourth-order valence-electron chi connectivity index (χ4n) is 2.63. The molecule has 1 aliphatic rings. The molecule has 0 spiro atoms. The maximum atomic E-state index is 10.9. The van der Waals surface area contributed by atoms with Crippen molar-refractivity contribution in [3.63, 3.8) is 0 Å². The maximum absolute atomic E-state index is 10.9. The Hall–Kier alpha value is -1.35. The second-order valence-electron chi connectivity index (χ2n) is 5.19. The van der Waals surface area contributed by atoms with Crippen molar-refractivity contribution in [3.8, 4) is 0 Å². The summed E-state index contributed by atoms with van der Waals surface area (Å²) >= 11 is 0. The number of esters is 1. The largest absolute Gasteiger partial charge is 0.456 e. The summed E-state index contributed by atoms with van der Waals surface area (Å²) in [4.78, 5) is 10.9. The molecule has 1 aromatic rings. The van der Waals surface area contributed by atoms with E-state index in [0.717, 1.165) is 30.5 Å². The molecular formula is C14H20NO2+. The summed E-state index contributed by atoms with van der Waals surface area (Å²) in [6, 6.07) is 10.5. The van der Waals surface area contributed by atoms with E-state index in [9.17, 15) is 4.79 Å². The number of likely N-dealkylation sites (tertiary alicyclic amines) is 1. The fraction of sp³-hybridized carbons (Fsp3) is 0.500. The van der Waals surface area contributed by atoms with Crippen LogP contribution < -0.4 is 0 Å². The minimum atomic E-state index is -0.164. The zero-order valence-electron chi connectivity index (χ0n) is 10.6. The van der Waals surface area contributed by atoms with E-state index in [0.29, 0.717) is 0 Å². The third kappa shape index (κ3) is 3.30. The first-order valence-electron chi connectivity index (χ1n) is 6.12. The van der Waals surface area contributed by atoms with Gasteiger partial charge < -0.3 is 9.22 Å². The first-order valence-corrected chi connectivity index (χ1v) is 6.12. The molecule has 1 saturated heterocycles. The molecule has 2 unspecified atom stereocenters. The van der Waals surface area contributed by atoms with E-state index < -0.39 is 0 Å². The van der Waals surface area contributed by atoms with Crippen molar-refractivity contribution in [3.05, 3.63) is 35.9 Å². The van der Waals surface area contributed by atoms with Crippen LogP contribution >= 0.6 is 0 Å². The highest BCUT2D eigenvalue weighted by Crippen LogP contribution is 2.23. The lowest BCUT2D eigenvalue weighted by atomic mass is 10.2. The first kappa shape index (κ1) is 12.1. The third-order valence-corrected chi connectivity index (χ3v) is 3.38. The zero-order valence-corrected chi connectivity index (χ0v) is 10.6. The van der Waals surface area contributed by atoms with Gasteiger partial charge in [-0.3, -0.25) is 4.79 Å². The van der Waals surface area contributed by atoms with Gasteiger partial charge in [0.15, 0.2) is 6.10 Å². The van der Waals surface area contributed by atoms with Crippen molar-refractivity contribution < 1.29 is 14.0 Å². The van der Waals surface area contributed by atoms with Crippen LogP contribution in [0.15, 0.2) is 30.3 Å². The summed E-state index contributed by atoms with van der Waals surface area (Å²) in [5.74, 6) is -0.164. The van der Waals surface area contributed by atoms with Crippen LogP contribution in [0.2, 0.25) is 0 Å². The van der Waals surface area contributed by atoms with Gasteiger partial charge in [-0.15, -0.1) is 0 Å². The number of hydrogen-bond donors (Lipinski definition) is 0. The maximum Gasteiger partial charge on any atom is 0.303 e. The highest BCUT2D eigenvalue weighted by Gasteiger charge is 2.36. The molecule has 2 atom stereocenters. The summed E-state index contributed by atoms with van der Waals surface area (Å²) in [7, 11) is 2.23. The number of rotatable bonds is 3. The molecule has 17 heavy (non-hydrogen) atoms. The normalized spacial score (nSPS) is 28.0. The molecule has 0 aromatic heterocycles. The molecule has 3 heteroatoms. The third-order valence-electron chi connectivity index (χ3n) is 3.38. The molecule has 92 valence electrons. The van der Waals surface area contributed by atoms with E-state index in [-0.39, 0.29) is 12.1 Å². The summed E-state index contributed by atoms with van der Waals surface area (Å²) in [6.07, 6.45) is 1.07. The van der Waals surface area contributed by atoms with E-state index >= 15 is 0 Å². The van der Waals surface area contributed by atoms with E-state index in [2.05, 4.69) is 31.3 Å². The Morgan fingerprint density at radius 3 is 2.76 bits per heavy atom. The predicted molar refractivity (Wildman–Crippen MR) is 66.2 cm³/mol. The zero-order chi connectivity index (χ0) is 12.3. The average Bonchev–Trinajstić information content (AvgIpc) is 2.60. The first-order chi connectivity index (χ1) is 8.07. The molecular weight excluding hydrogens is 214 g/mol. The molecule has 1 heterocycles. The summed E-state index contributed by atoms with van der Waals surface area (Å²) in [5.41, 5.74) is 1.35. The van der Waals surface area contributed by atoms with Gasteiger partial charge in [0.05, 0.1) is 13.6 Å². The summed E-state index contributed by atoms with van der Waals surface area (Å²) in [6.45, 7) is 4.50. The molecule has 0 saturated carbocycles. The van der Waals surface area contributed by atoms with Crippen LogP contribution in [-0.2, 0) is 16.1 Å². The van der Waals surface area contributed by atoms with Crippen molar-refractivity contribution in [1.82, 2.24) is 0 Å². The van der Waals surface area contributed by atoms with Gasteiger partial charge >= 0.3 is 5.97 Å². The Labute approximate surface area is 103 Å². The molecule has 0 amide bonds. The highest BCUT2D eigenvalue weighted by molar-refractivity contribution is 5.66. The van der Waals surface area contributed by atoms with Gasteiger partial charge in [-0.2, -0.15) is 0 Å². The van der Waals surface area contributed by atoms with Gasteiger partial charge in [0.1, 0.15) is 13.1 Å². The lowest BCUT2D eigenvalue weighted by molar-refractivity contribution is -0.912. The van der Waals surface area contributed by atoms with E-state index in [1.807, 2.05) is 6.07 Å². The standard InChI is InChI=1S/C14H20NO2/c1-12(16)17-14-8-9-15(2,11-14)10-13-6-4-3-5-7-13/h3-7,14H,8-11H2,1-2H3/q+1. The van der Waals surface area contributed by atoms with Gasteiger partial charge in [-0.05, 0) is 0 Å². The summed E-state index contributed by atoms with van der Waals surface area (Å²) in [5, 5.41) is 0. The van der Waals surface area contributed by atoms with Crippen LogP contribution in [0.25, 0.3) is 0 Å². The molecule has 0 radical (unpaired) electrons. The number of carbonyl (C=O) groups is 1. The van der Waals surface area contributed by atoms with Crippen molar-refractivity contribution in [2.24, 2.45) is 0 Å². The number of hydrogen-bond acceptors (Lipinski definition) is 2. The van der Waals surface area contributed by atoms with Gasteiger partial charge in [0, 0.05) is 18.9 Å². The number of quaternary nitrogens is 1. The van der Waals surface area contributed by atoms with Crippen LogP contribution in [0.1, 0.15) is 18.9 Å². The smallest absolute Gasteiger partial charge is 0.303 e. The van der Waals surface area contributed by atoms with Crippen LogP contribution in [0.4, 0.5) is 0 Å². The molecule has 1 fully saturated rings. The van der Waals surface area contributed by atoms with Gasteiger partial charge in [-0.1, -0.05) is 30.3 Å². The van der Waals surface area contributed by atoms with E-state index in [4.69, 9.17) is 4.74 Å². The number of ether oxygens (including phenoxy) is 1. The van der Waals surface area contributed by atoms with Gasteiger partial charge in [0.2, 0.25) is 0 Å². The minimum absolute atomic E-state index is 0.0983. The van der Waals surface area contributed by atoms with Gasteiger partial charge in [-0.25, -0.2) is 0 Å². The second-order valence-corrected chi connectivity index (χ2v) is 5.19. The van der Waals surface area contributed by atoms with Crippen LogP contribution in [0, 0.1) is 0 Å². The van der Waals surface area contributed by atoms with Crippen molar-refractivity contribution in [2.45, 2.75) is 26.0 Å². The van der Waals surface area contributed by atoms with Crippen LogP contribution in [0.5, 0.6) is 0 Å². The number of nitrogens with zero attached hydrogens (tertiary/aromatic N) is 1. The predicted octanol–water partition coefficient (Wildman–Crippen LogP) is 1.97. The summed E-state index contributed by atoms with van der Waals surface area (Å²) < 4.78 is 6.25. The number of benzene rings is 1. The number of carbonyl (C=O) groups excluding carboxylic acids is 1. The molecule has 0 aliphatic carbocycles. The Morgan fingerprint density at radius 2 is 2.12 bits per heavy atom.